The summed E-state index contributed by atoms with van der Waals surface area (Å²) in [4.78, 5) is 9.65. The molecule has 0 bridgehead atoms. The average molecular weight is 128 g/mol. The first-order chi connectivity index (χ1) is 3.13. The van der Waals surface area contributed by atoms with Gasteiger partial charge >= 0.3 is 35.5 Å². The first-order valence-corrected chi connectivity index (χ1v) is 2.03. The van der Waals surface area contributed by atoms with Crippen LogP contribution in [0, 0.1) is 0 Å². The third-order valence-corrected chi connectivity index (χ3v) is 0.470. The van der Waals surface area contributed by atoms with Crippen LogP contribution >= 0.6 is 0 Å². The molecular formula is C4H9NaO3. The third-order valence-electron chi connectivity index (χ3n) is 0.470. The SMILES string of the molecule is CC(O)CC(=O)O.[NaH]. The topological polar surface area (TPSA) is 57.5 Å². The summed E-state index contributed by atoms with van der Waals surface area (Å²) in [6.45, 7) is 1.44. The standard InChI is InChI=1S/C4H8O3.Na.H/c1-3(5)2-4(6)7;;/h3,5H,2H2,1H3,(H,6,7);;. The van der Waals surface area contributed by atoms with Crippen molar-refractivity contribution in [2.75, 3.05) is 0 Å². The molecule has 44 valence electrons. The van der Waals surface area contributed by atoms with Crippen LogP contribution in [0.4, 0.5) is 0 Å². The van der Waals surface area contributed by atoms with Gasteiger partial charge in [0.1, 0.15) is 0 Å². The average Bonchev–Trinajstić information content (AvgIpc) is 1.27. The summed E-state index contributed by atoms with van der Waals surface area (Å²) >= 11 is 0. The fourth-order valence-electron chi connectivity index (χ4n) is 0.253. The number of hydrogen-bond donors (Lipinski definition) is 2. The zero-order valence-electron chi connectivity index (χ0n) is 4.09. The Morgan fingerprint density at radius 1 is 1.75 bits per heavy atom. The zero-order chi connectivity index (χ0) is 5.86. The second-order valence-electron chi connectivity index (χ2n) is 1.45. The molecule has 2 N–H and O–H groups in total. The Morgan fingerprint density at radius 2 is 2.12 bits per heavy atom. The number of hydrogen-bond acceptors (Lipinski definition) is 2. The molecule has 0 saturated carbocycles. The van der Waals surface area contributed by atoms with Crippen molar-refractivity contribution in [3.05, 3.63) is 0 Å². The van der Waals surface area contributed by atoms with Crippen LogP contribution in [0.25, 0.3) is 0 Å². The molecule has 3 nitrogen and oxygen atoms in total. The van der Waals surface area contributed by atoms with E-state index in [0.29, 0.717) is 0 Å². The van der Waals surface area contributed by atoms with Crippen molar-refractivity contribution in [1.29, 1.82) is 0 Å². The molecule has 0 aromatic heterocycles. The van der Waals surface area contributed by atoms with Crippen LogP contribution in [0.2, 0.25) is 0 Å². The molecule has 0 fully saturated rings. The van der Waals surface area contributed by atoms with Gasteiger partial charge in [0.15, 0.2) is 0 Å². The first-order valence-electron chi connectivity index (χ1n) is 2.03. The molecule has 0 aliphatic rings. The van der Waals surface area contributed by atoms with Crippen molar-refractivity contribution < 1.29 is 15.0 Å². The van der Waals surface area contributed by atoms with Crippen LogP contribution in [-0.4, -0.2) is 51.8 Å². The molecule has 0 rings (SSSR count). The van der Waals surface area contributed by atoms with Crippen molar-refractivity contribution in [3.63, 3.8) is 0 Å². The molecule has 1 unspecified atom stereocenters. The molecule has 4 heteroatoms. The third kappa shape index (κ3) is 9.66. The van der Waals surface area contributed by atoms with E-state index in [1.54, 1.807) is 0 Å². The molecule has 1 atom stereocenters. The number of carboxylic acids is 1. The molecular weight excluding hydrogens is 119 g/mol. The number of carboxylic acid groups (broad SMARTS) is 1. The monoisotopic (exact) mass is 128 g/mol. The zero-order valence-corrected chi connectivity index (χ0v) is 4.09. The van der Waals surface area contributed by atoms with Gasteiger partial charge in [-0.05, 0) is 6.92 Å². The summed E-state index contributed by atoms with van der Waals surface area (Å²) in [6, 6.07) is 0. The summed E-state index contributed by atoms with van der Waals surface area (Å²) in [5.41, 5.74) is 0. The molecule has 0 aromatic carbocycles. The summed E-state index contributed by atoms with van der Waals surface area (Å²) in [5.74, 6) is -0.963. The number of aliphatic carboxylic acids is 1. The summed E-state index contributed by atoms with van der Waals surface area (Å²) in [5, 5.41) is 16.3. The molecule has 0 amide bonds. The van der Waals surface area contributed by atoms with Crippen LogP contribution in [0.15, 0.2) is 0 Å². The Balaban J connectivity index is 0. The molecule has 0 aromatic rings. The minimum atomic E-state index is -0.963. The maximum absolute atomic E-state index is 9.65. The van der Waals surface area contributed by atoms with Crippen molar-refractivity contribution in [1.82, 2.24) is 0 Å². The molecule has 0 radical (unpaired) electrons. The first kappa shape index (κ1) is 11.3. The van der Waals surface area contributed by atoms with Gasteiger partial charge in [-0.15, -0.1) is 0 Å². The molecule has 0 aliphatic heterocycles. The van der Waals surface area contributed by atoms with Gasteiger partial charge in [-0.1, -0.05) is 0 Å². The molecule has 0 saturated heterocycles. The van der Waals surface area contributed by atoms with Crippen LogP contribution in [0.1, 0.15) is 13.3 Å². The van der Waals surface area contributed by atoms with E-state index in [4.69, 9.17) is 10.2 Å². The van der Waals surface area contributed by atoms with Crippen molar-refractivity contribution in [2.24, 2.45) is 0 Å². The Kier molecular flexibility index (Phi) is 7.83. The molecule has 8 heavy (non-hydrogen) atoms. The van der Waals surface area contributed by atoms with Crippen LogP contribution < -0.4 is 0 Å². The van der Waals surface area contributed by atoms with E-state index in [2.05, 4.69) is 0 Å². The number of aliphatic hydroxyl groups excluding tert-OH is 1. The maximum atomic E-state index is 9.65. The van der Waals surface area contributed by atoms with Gasteiger partial charge in [-0.2, -0.15) is 0 Å². The van der Waals surface area contributed by atoms with E-state index in [1.807, 2.05) is 0 Å². The Morgan fingerprint density at radius 3 is 2.12 bits per heavy atom. The van der Waals surface area contributed by atoms with E-state index in [1.165, 1.54) is 6.92 Å². The number of rotatable bonds is 2. The van der Waals surface area contributed by atoms with Gasteiger partial charge in [0.25, 0.3) is 0 Å². The van der Waals surface area contributed by atoms with Gasteiger partial charge in [0.2, 0.25) is 0 Å². The Labute approximate surface area is 70.0 Å². The number of aliphatic hydroxyl groups is 1. The normalized spacial score (nSPS) is 11.8. The summed E-state index contributed by atoms with van der Waals surface area (Å²) in [6.07, 6.45) is -0.891. The van der Waals surface area contributed by atoms with Gasteiger partial charge in [0.05, 0.1) is 12.5 Å². The van der Waals surface area contributed by atoms with Gasteiger partial charge in [0, 0.05) is 0 Å². The van der Waals surface area contributed by atoms with E-state index in [9.17, 15) is 4.79 Å². The second kappa shape index (κ2) is 5.56. The molecule has 0 spiro atoms. The van der Waals surface area contributed by atoms with Gasteiger partial charge < -0.3 is 10.2 Å². The minimum absolute atomic E-state index is 0. The van der Waals surface area contributed by atoms with E-state index >= 15 is 0 Å². The van der Waals surface area contributed by atoms with Crippen molar-refractivity contribution in [3.8, 4) is 0 Å². The second-order valence-corrected chi connectivity index (χ2v) is 1.45. The predicted molar refractivity (Wildman–Crippen MR) is 31.1 cm³/mol. The van der Waals surface area contributed by atoms with E-state index < -0.39 is 12.1 Å². The fourth-order valence-corrected chi connectivity index (χ4v) is 0.253. The quantitative estimate of drug-likeness (QED) is 0.478. The fraction of sp³-hybridized carbons (Fsp3) is 0.750. The van der Waals surface area contributed by atoms with Crippen LogP contribution in [-0.2, 0) is 4.79 Å². The van der Waals surface area contributed by atoms with E-state index in [-0.39, 0.29) is 36.0 Å². The van der Waals surface area contributed by atoms with E-state index in [0.717, 1.165) is 0 Å². The van der Waals surface area contributed by atoms with Crippen molar-refractivity contribution in [2.45, 2.75) is 19.4 Å². The molecule has 0 heterocycles. The van der Waals surface area contributed by atoms with Crippen molar-refractivity contribution >= 4 is 35.5 Å². The summed E-state index contributed by atoms with van der Waals surface area (Å²) in [7, 11) is 0. The van der Waals surface area contributed by atoms with Gasteiger partial charge in [-0.25, -0.2) is 0 Å². The Hall–Kier alpha value is 0.430. The summed E-state index contributed by atoms with van der Waals surface area (Å²) < 4.78 is 0. The molecule has 0 aliphatic carbocycles. The predicted octanol–water partition coefficient (Wildman–Crippen LogP) is -0.807. The van der Waals surface area contributed by atoms with Crippen LogP contribution in [0.3, 0.4) is 0 Å². The number of carbonyl (C=O) groups is 1. The van der Waals surface area contributed by atoms with Gasteiger partial charge in [-0.3, -0.25) is 4.79 Å². The Bertz CT molecular complexity index is 71.7. The van der Waals surface area contributed by atoms with Crippen LogP contribution in [0.5, 0.6) is 0 Å².